The molecule has 4 rings (SSSR count). The van der Waals surface area contributed by atoms with Gasteiger partial charge >= 0.3 is 0 Å². The zero-order valence-corrected chi connectivity index (χ0v) is 18.0. The first-order valence-corrected chi connectivity index (χ1v) is 10.1. The number of carboxylic acid groups (broad SMARTS) is 1. The maximum atomic E-state index is 12.0. The van der Waals surface area contributed by atoms with Gasteiger partial charge in [0.2, 0.25) is 0 Å². The SMILES string of the molecule is COc1ccc(-c2cc(=N[C@@H](C(=O)[O-])c3ccccc3)c3cc(C)ccc3o2)cc1OC. The van der Waals surface area contributed by atoms with E-state index in [1.165, 1.54) is 0 Å². The van der Waals surface area contributed by atoms with E-state index in [0.717, 1.165) is 16.5 Å². The number of ether oxygens (including phenoxy) is 2. The molecule has 0 radical (unpaired) electrons. The number of rotatable bonds is 6. The van der Waals surface area contributed by atoms with Gasteiger partial charge in [0.1, 0.15) is 17.4 Å². The predicted molar refractivity (Wildman–Crippen MR) is 119 cm³/mol. The highest BCUT2D eigenvalue weighted by Crippen LogP contribution is 2.33. The maximum absolute atomic E-state index is 12.0. The monoisotopic (exact) mass is 428 g/mol. The van der Waals surface area contributed by atoms with Gasteiger partial charge < -0.3 is 23.8 Å². The molecule has 0 aliphatic rings. The Hall–Kier alpha value is -4.06. The summed E-state index contributed by atoms with van der Waals surface area (Å²) in [6.07, 6.45) is 0. The van der Waals surface area contributed by atoms with Gasteiger partial charge in [0.05, 0.1) is 25.5 Å². The number of fused-ring (bicyclic) bond motifs is 1. The van der Waals surface area contributed by atoms with Crippen LogP contribution in [0.2, 0.25) is 0 Å². The zero-order chi connectivity index (χ0) is 22.7. The number of carbonyl (C=O) groups excluding carboxylic acids is 1. The van der Waals surface area contributed by atoms with E-state index in [9.17, 15) is 9.90 Å². The third-order valence-electron chi connectivity index (χ3n) is 5.17. The molecular weight excluding hydrogens is 406 g/mol. The van der Waals surface area contributed by atoms with E-state index in [4.69, 9.17) is 13.9 Å². The summed E-state index contributed by atoms with van der Waals surface area (Å²) in [6, 6.07) is 20.5. The van der Waals surface area contributed by atoms with Crippen molar-refractivity contribution < 1.29 is 23.8 Å². The second-order valence-electron chi connectivity index (χ2n) is 7.33. The molecule has 0 unspecified atom stereocenters. The fourth-order valence-electron chi connectivity index (χ4n) is 3.56. The minimum absolute atomic E-state index is 0.498. The molecule has 0 saturated heterocycles. The average Bonchev–Trinajstić information content (AvgIpc) is 2.82. The highest BCUT2D eigenvalue weighted by atomic mass is 16.5. The molecule has 1 heterocycles. The van der Waals surface area contributed by atoms with Gasteiger partial charge in [0, 0.05) is 17.0 Å². The Bertz CT molecular complexity index is 1340. The number of aliphatic carboxylic acids is 1. The molecule has 0 aliphatic heterocycles. The third-order valence-corrected chi connectivity index (χ3v) is 5.17. The Morgan fingerprint density at radius 2 is 1.69 bits per heavy atom. The van der Waals surface area contributed by atoms with Gasteiger partial charge in [0.25, 0.3) is 0 Å². The number of nitrogens with zero attached hydrogens (tertiary/aromatic N) is 1. The minimum Gasteiger partial charge on any atom is -0.547 e. The van der Waals surface area contributed by atoms with E-state index in [2.05, 4.69) is 4.99 Å². The smallest absolute Gasteiger partial charge is 0.161 e. The van der Waals surface area contributed by atoms with Crippen LogP contribution in [-0.4, -0.2) is 20.2 Å². The highest BCUT2D eigenvalue weighted by molar-refractivity contribution is 5.80. The van der Waals surface area contributed by atoms with Gasteiger partial charge in [-0.1, -0.05) is 42.0 Å². The maximum Gasteiger partial charge on any atom is 0.161 e. The van der Waals surface area contributed by atoms with Crippen LogP contribution in [0.3, 0.4) is 0 Å². The number of carboxylic acids is 1. The lowest BCUT2D eigenvalue weighted by Gasteiger charge is -2.15. The van der Waals surface area contributed by atoms with Crippen molar-refractivity contribution in [3.63, 3.8) is 0 Å². The van der Waals surface area contributed by atoms with E-state index >= 15 is 0 Å². The Morgan fingerprint density at radius 3 is 2.38 bits per heavy atom. The molecule has 0 N–H and O–H groups in total. The van der Waals surface area contributed by atoms with Crippen molar-refractivity contribution in [1.82, 2.24) is 0 Å². The molecule has 0 aliphatic carbocycles. The van der Waals surface area contributed by atoms with E-state index in [1.54, 1.807) is 56.7 Å². The number of benzene rings is 3. The number of methoxy groups -OCH3 is 2. The minimum atomic E-state index is -1.27. The normalized spacial score (nSPS) is 12.5. The van der Waals surface area contributed by atoms with Crippen LogP contribution in [0.1, 0.15) is 17.2 Å². The molecule has 0 fully saturated rings. The predicted octanol–water partition coefficient (Wildman–Crippen LogP) is 3.82. The summed E-state index contributed by atoms with van der Waals surface area (Å²) in [6.45, 7) is 1.96. The fraction of sp³-hybridized carbons (Fsp3) is 0.154. The lowest BCUT2D eigenvalue weighted by atomic mass is 10.1. The Morgan fingerprint density at radius 1 is 0.938 bits per heavy atom. The van der Waals surface area contributed by atoms with Crippen molar-refractivity contribution in [1.29, 1.82) is 0 Å². The largest absolute Gasteiger partial charge is 0.547 e. The van der Waals surface area contributed by atoms with Gasteiger partial charge in [-0.3, -0.25) is 4.99 Å². The average molecular weight is 428 g/mol. The van der Waals surface area contributed by atoms with Gasteiger partial charge in [-0.25, -0.2) is 0 Å². The van der Waals surface area contributed by atoms with Gasteiger partial charge in [-0.2, -0.15) is 0 Å². The summed E-state index contributed by atoms with van der Waals surface area (Å²) in [5.41, 5.74) is 2.88. The van der Waals surface area contributed by atoms with Crippen LogP contribution in [0.25, 0.3) is 22.3 Å². The molecule has 1 atom stereocenters. The summed E-state index contributed by atoms with van der Waals surface area (Å²) in [7, 11) is 3.13. The summed E-state index contributed by atoms with van der Waals surface area (Å²) >= 11 is 0. The van der Waals surface area contributed by atoms with Crippen molar-refractivity contribution in [2.24, 2.45) is 4.99 Å². The van der Waals surface area contributed by atoms with Crippen LogP contribution < -0.4 is 19.9 Å². The first kappa shape index (κ1) is 21.2. The van der Waals surface area contributed by atoms with Crippen LogP contribution in [0.4, 0.5) is 0 Å². The summed E-state index contributed by atoms with van der Waals surface area (Å²) in [5.74, 6) is 0.398. The van der Waals surface area contributed by atoms with Gasteiger partial charge in [-0.15, -0.1) is 0 Å². The first-order valence-electron chi connectivity index (χ1n) is 10.1. The molecule has 0 spiro atoms. The molecule has 162 valence electrons. The summed E-state index contributed by atoms with van der Waals surface area (Å²) in [5, 5.41) is 13.2. The number of aryl methyl sites for hydroxylation is 1. The van der Waals surface area contributed by atoms with Crippen LogP contribution in [0.15, 0.2) is 82.2 Å². The molecule has 1 aromatic heterocycles. The quantitative estimate of drug-likeness (QED) is 0.466. The van der Waals surface area contributed by atoms with E-state index in [-0.39, 0.29) is 0 Å². The fourth-order valence-corrected chi connectivity index (χ4v) is 3.56. The molecule has 32 heavy (non-hydrogen) atoms. The standard InChI is InChI=1S/C26H23NO5/c1-16-9-11-21-19(13-16)20(27-25(26(28)29)17-7-5-4-6-8-17)15-23(32-21)18-10-12-22(30-2)24(14-18)31-3/h4-15,25H,1-3H3,(H,28,29)/p-1/t25-/m1/s1. The Balaban J connectivity index is 1.97. The van der Waals surface area contributed by atoms with E-state index in [0.29, 0.717) is 33.8 Å². The van der Waals surface area contributed by atoms with Crippen LogP contribution in [0.5, 0.6) is 11.5 Å². The number of hydrogen-bond acceptors (Lipinski definition) is 6. The van der Waals surface area contributed by atoms with Crippen LogP contribution in [0, 0.1) is 6.92 Å². The third kappa shape index (κ3) is 4.21. The first-order chi connectivity index (χ1) is 15.5. The van der Waals surface area contributed by atoms with Gasteiger partial charge in [-0.05, 0) is 42.8 Å². The highest BCUT2D eigenvalue weighted by Gasteiger charge is 2.14. The molecule has 3 aromatic carbocycles. The summed E-state index contributed by atoms with van der Waals surface area (Å²) in [4.78, 5) is 16.5. The number of hydrogen-bond donors (Lipinski definition) is 0. The molecular formula is C26H22NO5-. The van der Waals surface area contributed by atoms with Crippen molar-refractivity contribution in [2.45, 2.75) is 13.0 Å². The molecule has 0 bridgehead atoms. The zero-order valence-electron chi connectivity index (χ0n) is 18.0. The number of carbonyl (C=O) groups is 1. The summed E-state index contributed by atoms with van der Waals surface area (Å²) < 4.78 is 16.9. The van der Waals surface area contributed by atoms with Crippen molar-refractivity contribution >= 4 is 16.9 Å². The Kier molecular flexibility index (Phi) is 5.94. The van der Waals surface area contributed by atoms with Crippen molar-refractivity contribution in [2.75, 3.05) is 14.2 Å². The van der Waals surface area contributed by atoms with Gasteiger partial charge in [0.15, 0.2) is 11.5 Å². The van der Waals surface area contributed by atoms with Crippen molar-refractivity contribution in [3.05, 3.63) is 89.3 Å². The molecule has 4 aromatic rings. The molecule has 6 heteroatoms. The van der Waals surface area contributed by atoms with E-state index < -0.39 is 12.0 Å². The second-order valence-corrected chi connectivity index (χ2v) is 7.33. The lowest BCUT2D eigenvalue weighted by Crippen LogP contribution is -2.30. The lowest BCUT2D eigenvalue weighted by molar-refractivity contribution is -0.307. The molecule has 0 amide bonds. The molecule has 6 nitrogen and oxygen atoms in total. The van der Waals surface area contributed by atoms with Crippen LogP contribution in [-0.2, 0) is 4.79 Å². The van der Waals surface area contributed by atoms with Crippen molar-refractivity contribution in [3.8, 4) is 22.8 Å². The Labute approximate surface area is 185 Å². The second kappa shape index (κ2) is 8.98. The van der Waals surface area contributed by atoms with Crippen LogP contribution >= 0.6 is 0 Å². The topological polar surface area (TPSA) is 84.1 Å². The molecule has 0 saturated carbocycles. The van der Waals surface area contributed by atoms with E-state index in [1.807, 2.05) is 37.3 Å².